The highest BCUT2D eigenvalue weighted by atomic mass is 32.2. The Hall–Kier alpha value is -3.26. The van der Waals surface area contributed by atoms with Crippen LogP contribution in [0.1, 0.15) is 5.69 Å². The summed E-state index contributed by atoms with van der Waals surface area (Å²) in [6, 6.07) is 4.68. The number of amides is 2. The van der Waals surface area contributed by atoms with E-state index in [1.54, 1.807) is 0 Å². The van der Waals surface area contributed by atoms with E-state index in [4.69, 9.17) is 0 Å². The van der Waals surface area contributed by atoms with Gasteiger partial charge in [-0.15, -0.1) is 0 Å². The van der Waals surface area contributed by atoms with Gasteiger partial charge < -0.3 is 15.4 Å². The molecule has 2 amide bonds. The van der Waals surface area contributed by atoms with E-state index in [2.05, 4.69) is 30.7 Å². The van der Waals surface area contributed by atoms with Crippen molar-refractivity contribution < 1.29 is 27.4 Å². The predicted octanol–water partition coefficient (Wildman–Crippen LogP) is 0.566. The smallest absolute Gasteiger partial charge is 0.323 e. The SMILES string of the molecule is CS(=O)(=O)N1CCN(C(=O)Nc2nonc2/C(=N/O)Nc2ccc(F)cc2)CC1. The molecule has 156 valence electrons. The minimum atomic E-state index is -3.32. The summed E-state index contributed by atoms with van der Waals surface area (Å²) < 4.78 is 42.0. The molecule has 0 radical (unpaired) electrons. The lowest BCUT2D eigenvalue weighted by Crippen LogP contribution is -2.51. The largest absolute Gasteiger partial charge is 0.409 e. The average Bonchev–Trinajstić information content (AvgIpc) is 3.15. The number of urea groups is 1. The molecule has 1 fully saturated rings. The third kappa shape index (κ3) is 4.97. The van der Waals surface area contributed by atoms with Crippen LogP contribution in [0.25, 0.3) is 0 Å². The Morgan fingerprint density at radius 3 is 2.41 bits per heavy atom. The molecule has 0 saturated carbocycles. The zero-order valence-electron chi connectivity index (χ0n) is 15.2. The van der Waals surface area contributed by atoms with Gasteiger partial charge in [-0.1, -0.05) is 5.16 Å². The van der Waals surface area contributed by atoms with Gasteiger partial charge in [0.2, 0.25) is 21.7 Å². The van der Waals surface area contributed by atoms with E-state index in [9.17, 15) is 22.8 Å². The van der Waals surface area contributed by atoms with E-state index in [-0.39, 0.29) is 43.5 Å². The molecule has 1 aliphatic heterocycles. The van der Waals surface area contributed by atoms with Crippen molar-refractivity contribution in [2.75, 3.05) is 43.1 Å². The highest BCUT2D eigenvalue weighted by molar-refractivity contribution is 7.88. The molecule has 1 aromatic carbocycles. The Morgan fingerprint density at radius 1 is 1.17 bits per heavy atom. The van der Waals surface area contributed by atoms with Crippen LogP contribution < -0.4 is 10.6 Å². The van der Waals surface area contributed by atoms with Gasteiger partial charge in [0.1, 0.15) is 5.82 Å². The summed E-state index contributed by atoms with van der Waals surface area (Å²) in [4.78, 5) is 13.9. The topological polar surface area (TPSA) is 153 Å². The lowest BCUT2D eigenvalue weighted by Gasteiger charge is -2.32. The fourth-order valence-corrected chi connectivity index (χ4v) is 3.46. The normalized spacial score (nSPS) is 15.9. The van der Waals surface area contributed by atoms with Crippen LogP contribution in [0.2, 0.25) is 0 Å². The van der Waals surface area contributed by atoms with Crippen LogP contribution in [-0.2, 0) is 10.0 Å². The number of aromatic nitrogens is 2. The minimum absolute atomic E-state index is 0.0834. The molecule has 2 heterocycles. The standard InChI is InChI=1S/C15H18FN7O5S/c1-29(26,27)23-8-6-22(7-9-23)15(24)18-14-12(20-28-21-14)13(19-25)17-11-4-2-10(16)3-5-11/h2-5,25H,6-9H2,1H3,(H,17,19)(H,18,21,24). The van der Waals surface area contributed by atoms with E-state index in [1.165, 1.54) is 33.5 Å². The fraction of sp³-hybridized carbons (Fsp3) is 0.333. The number of oxime groups is 1. The summed E-state index contributed by atoms with van der Waals surface area (Å²) in [5.74, 6) is -0.733. The zero-order valence-corrected chi connectivity index (χ0v) is 16.1. The summed E-state index contributed by atoms with van der Waals surface area (Å²) in [6.07, 6.45) is 1.11. The first-order valence-electron chi connectivity index (χ1n) is 8.36. The molecular weight excluding hydrogens is 409 g/mol. The van der Waals surface area contributed by atoms with Crippen molar-refractivity contribution in [3.63, 3.8) is 0 Å². The first-order chi connectivity index (χ1) is 13.8. The van der Waals surface area contributed by atoms with Gasteiger partial charge >= 0.3 is 6.03 Å². The summed E-state index contributed by atoms with van der Waals surface area (Å²) in [5.41, 5.74) is 0.316. The molecule has 0 bridgehead atoms. The van der Waals surface area contributed by atoms with E-state index < -0.39 is 21.9 Å². The predicted molar refractivity (Wildman–Crippen MR) is 99.7 cm³/mol. The molecule has 29 heavy (non-hydrogen) atoms. The van der Waals surface area contributed by atoms with Gasteiger partial charge in [0.05, 0.1) is 6.26 Å². The number of carbonyl (C=O) groups excluding carboxylic acids is 1. The van der Waals surface area contributed by atoms with Crippen molar-refractivity contribution in [1.29, 1.82) is 0 Å². The third-order valence-corrected chi connectivity index (χ3v) is 5.44. The van der Waals surface area contributed by atoms with E-state index in [0.29, 0.717) is 5.69 Å². The number of hydrogen-bond acceptors (Lipinski definition) is 8. The number of halogens is 1. The van der Waals surface area contributed by atoms with Crippen LogP contribution >= 0.6 is 0 Å². The van der Waals surface area contributed by atoms with E-state index in [1.807, 2.05) is 0 Å². The molecule has 0 atom stereocenters. The van der Waals surface area contributed by atoms with Crippen LogP contribution in [0.3, 0.4) is 0 Å². The van der Waals surface area contributed by atoms with Crippen molar-refractivity contribution in [1.82, 2.24) is 19.5 Å². The van der Waals surface area contributed by atoms with Gasteiger partial charge in [0.25, 0.3) is 0 Å². The Labute approximate surface area is 165 Å². The van der Waals surface area contributed by atoms with Crippen LogP contribution in [0.4, 0.5) is 20.7 Å². The van der Waals surface area contributed by atoms with Crippen LogP contribution in [-0.4, -0.2) is 77.4 Å². The molecule has 0 spiro atoms. The summed E-state index contributed by atoms with van der Waals surface area (Å²) in [5, 5.41) is 24.7. The molecule has 2 aromatic rings. The van der Waals surface area contributed by atoms with Crippen molar-refractivity contribution in [2.45, 2.75) is 0 Å². The molecule has 1 aromatic heterocycles. The maximum atomic E-state index is 13.0. The summed E-state index contributed by atoms with van der Waals surface area (Å²) in [7, 11) is -3.32. The van der Waals surface area contributed by atoms with Crippen molar-refractivity contribution in [3.8, 4) is 0 Å². The highest BCUT2D eigenvalue weighted by Crippen LogP contribution is 2.16. The minimum Gasteiger partial charge on any atom is -0.409 e. The second-order valence-electron chi connectivity index (χ2n) is 6.12. The molecule has 12 nitrogen and oxygen atoms in total. The Bertz CT molecular complexity index is 1000. The monoisotopic (exact) mass is 427 g/mol. The number of benzene rings is 1. The number of amidine groups is 1. The summed E-state index contributed by atoms with van der Waals surface area (Å²) >= 11 is 0. The molecular formula is C15H18FN7O5S. The number of sulfonamides is 1. The molecule has 3 N–H and O–H groups in total. The highest BCUT2D eigenvalue weighted by Gasteiger charge is 2.28. The Kier molecular flexibility index (Phi) is 5.93. The van der Waals surface area contributed by atoms with Crippen molar-refractivity contribution in [2.24, 2.45) is 5.16 Å². The van der Waals surface area contributed by atoms with Gasteiger partial charge in [0.15, 0.2) is 5.69 Å². The first-order valence-corrected chi connectivity index (χ1v) is 10.2. The molecule has 1 saturated heterocycles. The van der Waals surface area contributed by atoms with Gasteiger partial charge in [-0.25, -0.2) is 22.2 Å². The van der Waals surface area contributed by atoms with Gasteiger partial charge in [-0.05, 0) is 34.6 Å². The molecule has 0 unspecified atom stereocenters. The van der Waals surface area contributed by atoms with Gasteiger partial charge in [-0.2, -0.15) is 4.31 Å². The summed E-state index contributed by atoms with van der Waals surface area (Å²) in [6.45, 7) is 0.722. The molecule has 1 aliphatic rings. The average molecular weight is 427 g/mol. The zero-order chi connectivity index (χ0) is 21.0. The van der Waals surface area contributed by atoms with Gasteiger partial charge in [0, 0.05) is 31.9 Å². The second kappa shape index (κ2) is 8.40. The van der Waals surface area contributed by atoms with E-state index in [0.717, 1.165) is 6.26 Å². The first kappa shape index (κ1) is 20.5. The third-order valence-electron chi connectivity index (χ3n) is 4.14. The quantitative estimate of drug-likeness (QED) is 0.277. The maximum absolute atomic E-state index is 13.0. The number of piperazine rings is 1. The maximum Gasteiger partial charge on any atom is 0.323 e. The second-order valence-corrected chi connectivity index (χ2v) is 8.10. The number of anilines is 2. The number of nitrogens with zero attached hydrogens (tertiary/aromatic N) is 5. The van der Waals surface area contributed by atoms with Crippen LogP contribution in [0, 0.1) is 5.82 Å². The Morgan fingerprint density at radius 2 is 1.83 bits per heavy atom. The molecule has 3 rings (SSSR count). The Balaban J connectivity index is 1.66. The van der Waals surface area contributed by atoms with Crippen LogP contribution in [0.5, 0.6) is 0 Å². The number of carbonyl (C=O) groups is 1. The lowest BCUT2D eigenvalue weighted by molar-refractivity contribution is 0.184. The van der Waals surface area contributed by atoms with Crippen molar-refractivity contribution in [3.05, 3.63) is 35.8 Å². The fourth-order valence-electron chi connectivity index (χ4n) is 2.63. The van der Waals surface area contributed by atoms with Crippen molar-refractivity contribution >= 4 is 33.4 Å². The van der Waals surface area contributed by atoms with E-state index >= 15 is 0 Å². The lowest BCUT2D eigenvalue weighted by atomic mass is 10.3. The number of rotatable bonds is 4. The number of nitrogens with one attached hydrogen (secondary N) is 2. The molecule has 0 aliphatic carbocycles. The van der Waals surface area contributed by atoms with Crippen LogP contribution in [0.15, 0.2) is 34.1 Å². The van der Waals surface area contributed by atoms with Gasteiger partial charge in [-0.3, -0.25) is 5.32 Å². The number of hydrogen-bond donors (Lipinski definition) is 3. The molecule has 14 heteroatoms.